The van der Waals surface area contributed by atoms with Gasteiger partial charge in [0.1, 0.15) is 0 Å². The summed E-state index contributed by atoms with van der Waals surface area (Å²) in [5.41, 5.74) is 7.72. The SMILES string of the molecule is CCCCCC(Cl)c1ccccc1N. The largest absolute Gasteiger partial charge is 0.398 e. The fourth-order valence-electron chi connectivity index (χ4n) is 1.53. The van der Waals surface area contributed by atoms with E-state index in [-0.39, 0.29) is 5.38 Å². The lowest BCUT2D eigenvalue weighted by molar-refractivity contribution is 0.656. The minimum absolute atomic E-state index is 0.0720. The van der Waals surface area contributed by atoms with Crippen molar-refractivity contribution in [3.05, 3.63) is 29.8 Å². The van der Waals surface area contributed by atoms with Crippen LogP contribution in [0, 0.1) is 0 Å². The van der Waals surface area contributed by atoms with E-state index in [1.54, 1.807) is 0 Å². The maximum atomic E-state index is 6.27. The van der Waals surface area contributed by atoms with Gasteiger partial charge in [-0.25, -0.2) is 0 Å². The van der Waals surface area contributed by atoms with Crippen LogP contribution in [0.3, 0.4) is 0 Å². The van der Waals surface area contributed by atoms with Gasteiger partial charge in [0, 0.05) is 5.69 Å². The highest BCUT2D eigenvalue weighted by Gasteiger charge is 2.09. The van der Waals surface area contributed by atoms with Gasteiger partial charge in [-0.15, -0.1) is 11.6 Å². The molecule has 0 saturated carbocycles. The normalized spacial score (nSPS) is 12.7. The second kappa shape index (κ2) is 5.92. The Balaban J connectivity index is 2.51. The van der Waals surface area contributed by atoms with Gasteiger partial charge in [-0.2, -0.15) is 0 Å². The van der Waals surface area contributed by atoms with E-state index in [0.717, 1.165) is 17.7 Å². The van der Waals surface area contributed by atoms with Crippen molar-refractivity contribution in [2.45, 2.75) is 38.0 Å². The van der Waals surface area contributed by atoms with Crippen molar-refractivity contribution in [1.29, 1.82) is 0 Å². The van der Waals surface area contributed by atoms with Crippen molar-refractivity contribution >= 4 is 17.3 Å². The van der Waals surface area contributed by atoms with E-state index in [2.05, 4.69) is 6.92 Å². The Morgan fingerprint density at radius 2 is 2.00 bits per heavy atom. The molecule has 0 aliphatic rings. The molecule has 0 fully saturated rings. The van der Waals surface area contributed by atoms with Crippen LogP contribution in [0.25, 0.3) is 0 Å². The van der Waals surface area contributed by atoms with Crippen LogP contribution in [0.4, 0.5) is 5.69 Å². The molecule has 0 saturated heterocycles. The van der Waals surface area contributed by atoms with Gasteiger partial charge in [-0.1, -0.05) is 44.4 Å². The first kappa shape index (κ1) is 11.4. The second-order valence-electron chi connectivity index (χ2n) is 3.59. The first-order chi connectivity index (χ1) is 6.75. The number of hydrogen-bond donors (Lipinski definition) is 1. The fourth-order valence-corrected chi connectivity index (χ4v) is 1.88. The number of nitrogens with two attached hydrogens (primary N) is 1. The number of benzene rings is 1. The lowest BCUT2D eigenvalue weighted by Crippen LogP contribution is -1.97. The maximum Gasteiger partial charge on any atom is 0.0605 e. The predicted molar refractivity (Wildman–Crippen MR) is 63.6 cm³/mol. The van der Waals surface area contributed by atoms with Gasteiger partial charge in [0.05, 0.1) is 5.38 Å². The van der Waals surface area contributed by atoms with Gasteiger partial charge in [-0.3, -0.25) is 0 Å². The lowest BCUT2D eigenvalue weighted by atomic mass is 10.0. The number of alkyl halides is 1. The first-order valence-corrected chi connectivity index (χ1v) is 5.67. The fraction of sp³-hybridized carbons (Fsp3) is 0.500. The molecule has 2 heteroatoms. The van der Waals surface area contributed by atoms with Crippen molar-refractivity contribution in [2.24, 2.45) is 0 Å². The number of anilines is 1. The summed E-state index contributed by atoms with van der Waals surface area (Å²) in [5, 5.41) is 0.0720. The smallest absolute Gasteiger partial charge is 0.0605 e. The lowest BCUT2D eigenvalue weighted by Gasteiger charge is -2.11. The number of para-hydroxylation sites is 1. The van der Waals surface area contributed by atoms with E-state index in [1.807, 2.05) is 24.3 Å². The average molecular weight is 212 g/mol. The molecule has 1 unspecified atom stereocenters. The third-order valence-corrected chi connectivity index (χ3v) is 2.85. The summed E-state index contributed by atoms with van der Waals surface area (Å²) in [6, 6.07) is 7.85. The second-order valence-corrected chi connectivity index (χ2v) is 4.12. The topological polar surface area (TPSA) is 26.0 Å². The van der Waals surface area contributed by atoms with Crippen LogP contribution >= 0.6 is 11.6 Å². The molecular weight excluding hydrogens is 194 g/mol. The quantitative estimate of drug-likeness (QED) is 0.443. The third kappa shape index (κ3) is 3.22. The molecule has 1 nitrogen and oxygen atoms in total. The van der Waals surface area contributed by atoms with E-state index < -0.39 is 0 Å². The highest BCUT2D eigenvalue weighted by Crippen LogP contribution is 2.30. The van der Waals surface area contributed by atoms with Gasteiger partial charge >= 0.3 is 0 Å². The molecular formula is C12H18ClN. The summed E-state index contributed by atoms with van der Waals surface area (Å²) in [6.45, 7) is 2.19. The molecule has 2 N–H and O–H groups in total. The zero-order valence-electron chi connectivity index (χ0n) is 8.67. The standard InChI is InChI=1S/C12H18ClN/c1-2-3-4-8-11(13)10-7-5-6-9-12(10)14/h5-7,9,11H,2-4,8,14H2,1H3. The Bertz CT molecular complexity index is 273. The van der Waals surface area contributed by atoms with Crippen LogP contribution in [-0.4, -0.2) is 0 Å². The summed E-state index contributed by atoms with van der Waals surface area (Å²) in [4.78, 5) is 0. The Labute approximate surface area is 91.3 Å². The molecule has 1 rings (SSSR count). The monoisotopic (exact) mass is 211 g/mol. The van der Waals surface area contributed by atoms with Crippen LogP contribution in [0.15, 0.2) is 24.3 Å². The average Bonchev–Trinajstić information content (AvgIpc) is 2.18. The van der Waals surface area contributed by atoms with Gasteiger partial charge in [-0.05, 0) is 18.1 Å². The highest BCUT2D eigenvalue weighted by atomic mass is 35.5. The summed E-state index contributed by atoms with van der Waals surface area (Å²) in [7, 11) is 0. The molecule has 0 bridgehead atoms. The molecule has 0 amide bonds. The van der Waals surface area contributed by atoms with Crippen LogP contribution in [0.5, 0.6) is 0 Å². The van der Waals surface area contributed by atoms with Gasteiger partial charge in [0.25, 0.3) is 0 Å². The summed E-state index contributed by atoms with van der Waals surface area (Å²) >= 11 is 6.27. The third-order valence-electron chi connectivity index (χ3n) is 2.39. The minimum atomic E-state index is 0.0720. The molecule has 1 aromatic carbocycles. The highest BCUT2D eigenvalue weighted by molar-refractivity contribution is 6.21. The molecule has 0 radical (unpaired) electrons. The summed E-state index contributed by atoms with van der Waals surface area (Å²) in [5.74, 6) is 0. The predicted octanol–water partition coefficient (Wildman–Crippen LogP) is 4.13. The number of hydrogen-bond acceptors (Lipinski definition) is 1. The Morgan fingerprint density at radius 3 is 2.64 bits per heavy atom. The van der Waals surface area contributed by atoms with E-state index in [0.29, 0.717) is 0 Å². The van der Waals surface area contributed by atoms with Crippen molar-refractivity contribution in [3.63, 3.8) is 0 Å². The molecule has 1 aromatic rings. The van der Waals surface area contributed by atoms with E-state index in [4.69, 9.17) is 17.3 Å². The first-order valence-electron chi connectivity index (χ1n) is 5.24. The van der Waals surface area contributed by atoms with Crippen molar-refractivity contribution in [3.8, 4) is 0 Å². The molecule has 0 spiro atoms. The van der Waals surface area contributed by atoms with E-state index >= 15 is 0 Å². The zero-order chi connectivity index (χ0) is 10.4. The number of rotatable bonds is 5. The van der Waals surface area contributed by atoms with Crippen LogP contribution < -0.4 is 5.73 Å². The minimum Gasteiger partial charge on any atom is -0.398 e. The van der Waals surface area contributed by atoms with Crippen molar-refractivity contribution in [1.82, 2.24) is 0 Å². The molecule has 0 aliphatic carbocycles. The van der Waals surface area contributed by atoms with Crippen LogP contribution in [0.1, 0.15) is 43.5 Å². The maximum absolute atomic E-state index is 6.27. The molecule has 0 heterocycles. The molecule has 0 aliphatic heterocycles. The number of nitrogen functional groups attached to an aromatic ring is 1. The molecule has 1 atom stereocenters. The van der Waals surface area contributed by atoms with Crippen LogP contribution in [-0.2, 0) is 0 Å². The zero-order valence-corrected chi connectivity index (χ0v) is 9.43. The van der Waals surface area contributed by atoms with Gasteiger partial charge in [0.2, 0.25) is 0 Å². The molecule has 14 heavy (non-hydrogen) atoms. The van der Waals surface area contributed by atoms with Gasteiger partial charge in [0.15, 0.2) is 0 Å². The number of halogens is 1. The number of unbranched alkanes of at least 4 members (excludes halogenated alkanes) is 2. The molecule has 78 valence electrons. The van der Waals surface area contributed by atoms with E-state index in [1.165, 1.54) is 19.3 Å². The van der Waals surface area contributed by atoms with Crippen LogP contribution in [0.2, 0.25) is 0 Å². The Kier molecular flexibility index (Phi) is 4.81. The van der Waals surface area contributed by atoms with E-state index in [9.17, 15) is 0 Å². The summed E-state index contributed by atoms with van der Waals surface area (Å²) in [6.07, 6.45) is 4.67. The summed E-state index contributed by atoms with van der Waals surface area (Å²) < 4.78 is 0. The van der Waals surface area contributed by atoms with Crippen molar-refractivity contribution in [2.75, 3.05) is 5.73 Å². The Morgan fingerprint density at radius 1 is 1.29 bits per heavy atom. The van der Waals surface area contributed by atoms with Crippen molar-refractivity contribution < 1.29 is 0 Å². The Hall–Kier alpha value is -0.690. The van der Waals surface area contributed by atoms with Gasteiger partial charge < -0.3 is 5.73 Å². The molecule has 0 aromatic heterocycles.